The molecule has 0 radical (unpaired) electrons. The predicted molar refractivity (Wildman–Crippen MR) is 94.4 cm³/mol. The second-order valence-electron chi connectivity index (χ2n) is 6.30. The first kappa shape index (κ1) is 18.5. The quantitative estimate of drug-likeness (QED) is 0.751. The number of carbonyl (C=O) groups is 1. The summed E-state index contributed by atoms with van der Waals surface area (Å²) in [5.74, 6) is -0.681. The van der Waals surface area contributed by atoms with Crippen LogP contribution in [0.5, 0.6) is 0 Å². The highest BCUT2D eigenvalue weighted by atomic mass is 32.2. The van der Waals surface area contributed by atoms with Gasteiger partial charge in [0.2, 0.25) is 10.0 Å². The van der Waals surface area contributed by atoms with Gasteiger partial charge in [-0.15, -0.1) is 0 Å². The van der Waals surface area contributed by atoms with Gasteiger partial charge in [0.25, 0.3) is 5.91 Å². The van der Waals surface area contributed by atoms with E-state index in [1.165, 1.54) is 35.7 Å². The Labute approximate surface area is 152 Å². The average molecular weight is 379 g/mol. The van der Waals surface area contributed by atoms with Gasteiger partial charge in [-0.05, 0) is 12.1 Å². The van der Waals surface area contributed by atoms with Crippen LogP contribution in [-0.4, -0.2) is 72.5 Å². The molecule has 140 valence electrons. The van der Waals surface area contributed by atoms with Crippen molar-refractivity contribution >= 4 is 15.9 Å². The largest absolute Gasteiger partial charge is 0.379 e. The van der Waals surface area contributed by atoms with E-state index in [-0.39, 0.29) is 30.2 Å². The summed E-state index contributed by atoms with van der Waals surface area (Å²) in [6.45, 7) is 0.577. The Balaban J connectivity index is 1.76. The summed E-state index contributed by atoms with van der Waals surface area (Å²) < 4.78 is 32.4. The number of hydrogen-bond acceptors (Lipinski definition) is 6. The molecule has 0 saturated carbocycles. The Morgan fingerprint density at radius 1 is 1.35 bits per heavy atom. The maximum Gasteiger partial charge on any atom is 0.253 e. The van der Waals surface area contributed by atoms with Crippen LogP contribution in [0.4, 0.5) is 0 Å². The molecule has 1 aliphatic heterocycles. The number of rotatable bonds is 6. The van der Waals surface area contributed by atoms with Gasteiger partial charge in [0, 0.05) is 20.0 Å². The number of nitrogens with zero attached hydrogens (tertiary/aromatic N) is 4. The topological polar surface area (TPSA) is 106 Å². The smallest absolute Gasteiger partial charge is 0.253 e. The number of aromatic nitrogens is 3. The van der Waals surface area contributed by atoms with Crippen molar-refractivity contribution < 1.29 is 17.9 Å². The highest BCUT2D eigenvalue weighted by molar-refractivity contribution is 7.89. The van der Waals surface area contributed by atoms with Crippen molar-refractivity contribution in [2.24, 2.45) is 5.92 Å². The Morgan fingerprint density at radius 3 is 2.81 bits per heavy atom. The highest BCUT2D eigenvalue weighted by Gasteiger charge is 2.34. The lowest BCUT2D eigenvalue weighted by atomic mass is 10.1. The van der Waals surface area contributed by atoms with Crippen molar-refractivity contribution in [3.63, 3.8) is 0 Å². The number of sulfonamides is 1. The van der Waals surface area contributed by atoms with Crippen LogP contribution < -0.4 is 5.32 Å². The Hall–Kier alpha value is -2.30. The number of benzene rings is 1. The van der Waals surface area contributed by atoms with Gasteiger partial charge in [-0.1, -0.05) is 12.1 Å². The molecule has 1 aliphatic rings. The van der Waals surface area contributed by atoms with Gasteiger partial charge < -0.3 is 10.1 Å². The maximum absolute atomic E-state index is 12.8. The minimum atomic E-state index is -3.38. The number of nitrogens with one attached hydrogen (secondary N) is 1. The average Bonchev–Trinajstić information content (AvgIpc) is 3.27. The number of ether oxygens (including phenoxy) is 1. The van der Waals surface area contributed by atoms with Gasteiger partial charge in [-0.2, -0.15) is 5.10 Å². The van der Waals surface area contributed by atoms with Crippen molar-refractivity contribution in [2.75, 3.05) is 33.1 Å². The van der Waals surface area contributed by atoms with Crippen LogP contribution in [0.2, 0.25) is 0 Å². The Kier molecular flexibility index (Phi) is 5.35. The van der Waals surface area contributed by atoms with E-state index in [0.717, 1.165) is 0 Å². The summed E-state index contributed by atoms with van der Waals surface area (Å²) in [5.41, 5.74) is 1.03. The van der Waals surface area contributed by atoms with E-state index in [1.807, 2.05) is 0 Å². The summed E-state index contributed by atoms with van der Waals surface area (Å²) in [4.78, 5) is 16.7. The molecule has 0 aliphatic carbocycles. The second-order valence-corrected chi connectivity index (χ2v) is 8.52. The standard InChI is InChI=1S/C16H21N5O4S/c1-20(2)26(23,24)9-12-7-25-8-14(12)19-16(22)13-5-3-4-6-15(13)21-11-17-10-18-21/h3-6,10-12,14H,7-9H2,1-2H3,(H,19,22)/t12-,14+/m0/s1. The molecule has 10 heteroatoms. The van der Waals surface area contributed by atoms with Gasteiger partial charge in [0.05, 0.1) is 36.3 Å². The molecule has 26 heavy (non-hydrogen) atoms. The molecule has 1 amide bonds. The van der Waals surface area contributed by atoms with Crippen molar-refractivity contribution in [3.8, 4) is 5.69 Å². The van der Waals surface area contributed by atoms with Crippen molar-refractivity contribution in [2.45, 2.75) is 6.04 Å². The molecule has 1 aromatic carbocycles. The van der Waals surface area contributed by atoms with E-state index < -0.39 is 10.0 Å². The maximum atomic E-state index is 12.8. The molecule has 0 spiro atoms. The zero-order valence-electron chi connectivity index (χ0n) is 14.6. The van der Waals surface area contributed by atoms with Gasteiger partial charge in [-0.3, -0.25) is 4.79 Å². The van der Waals surface area contributed by atoms with E-state index in [4.69, 9.17) is 4.74 Å². The van der Waals surface area contributed by atoms with Gasteiger partial charge in [0.15, 0.2) is 0 Å². The fraction of sp³-hybridized carbons (Fsp3) is 0.438. The molecular weight excluding hydrogens is 358 g/mol. The molecule has 1 N–H and O–H groups in total. The molecule has 0 bridgehead atoms. The summed E-state index contributed by atoms with van der Waals surface area (Å²) in [5, 5.41) is 6.96. The zero-order chi connectivity index (χ0) is 18.7. The van der Waals surface area contributed by atoms with Crippen LogP contribution in [-0.2, 0) is 14.8 Å². The molecule has 2 atom stereocenters. The third kappa shape index (κ3) is 3.92. The van der Waals surface area contributed by atoms with Crippen LogP contribution in [0.1, 0.15) is 10.4 Å². The van der Waals surface area contributed by atoms with Crippen molar-refractivity contribution in [1.29, 1.82) is 0 Å². The van der Waals surface area contributed by atoms with Crippen LogP contribution in [0, 0.1) is 5.92 Å². The fourth-order valence-electron chi connectivity index (χ4n) is 2.79. The van der Waals surface area contributed by atoms with Gasteiger partial charge in [-0.25, -0.2) is 22.4 Å². The van der Waals surface area contributed by atoms with Crippen molar-refractivity contribution in [1.82, 2.24) is 24.4 Å². The normalized spacial score (nSPS) is 20.4. The highest BCUT2D eigenvalue weighted by Crippen LogP contribution is 2.19. The van der Waals surface area contributed by atoms with Crippen LogP contribution in [0.3, 0.4) is 0 Å². The minimum absolute atomic E-state index is 0.0737. The van der Waals surface area contributed by atoms with Crippen molar-refractivity contribution in [3.05, 3.63) is 42.5 Å². The molecule has 3 rings (SSSR count). The molecule has 0 unspecified atom stereocenters. The molecule has 2 heterocycles. The summed E-state index contributed by atoms with van der Waals surface area (Å²) in [6.07, 6.45) is 2.90. The van der Waals surface area contributed by atoms with Gasteiger partial charge in [0.1, 0.15) is 12.7 Å². The molecule has 1 saturated heterocycles. The number of hydrogen-bond donors (Lipinski definition) is 1. The van der Waals surface area contributed by atoms with Crippen LogP contribution in [0.15, 0.2) is 36.9 Å². The van der Waals surface area contributed by atoms with E-state index >= 15 is 0 Å². The Bertz CT molecular complexity index is 867. The first-order valence-corrected chi connectivity index (χ1v) is 9.72. The number of carbonyl (C=O) groups excluding carboxylic acids is 1. The zero-order valence-corrected chi connectivity index (χ0v) is 15.4. The lowest BCUT2D eigenvalue weighted by molar-refractivity contribution is 0.0926. The Morgan fingerprint density at radius 2 is 2.12 bits per heavy atom. The third-order valence-corrected chi connectivity index (χ3v) is 6.27. The van der Waals surface area contributed by atoms with E-state index in [9.17, 15) is 13.2 Å². The molecule has 2 aromatic rings. The summed E-state index contributed by atoms with van der Waals surface area (Å²) in [7, 11) is -0.393. The fourth-order valence-corrected chi connectivity index (χ4v) is 3.95. The summed E-state index contributed by atoms with van der Waals surface area (Å²) in [6, 6.07) is 6.64. The van der Waals surface area contributed by atoms with E-state index in [0.29, 0.717) is 17.9 Å². The summed E-state index contributed by atoms with van der Waals surface area (Å²) >= 11 is 0. The monoisotopic (exact) mass is 379 g/mol. The first-order chi connectivity index (χ1) is 12.4. The SMILES string of the molecule is CN(C)S(=O)(=O)C[C@@H]1COC[C@H]1NC(=O)c1ccccc1-n1cncn1. The number of para-hydroxylation sites is 1. The molecule has 1 fully saturated rings. The minimum Gasteiger partial charge on any atom is -0.379 e. The molecule has 1 aromatic heterocycles. The lowest BCUT2D eigenvalue weighted by Crippen LogP contribution is -2.43. The third-order valence-electron chi connectivity index (χ3n) is 4.31. The number of amides is 1. The predicted octanol–water partition coefficient (Wildman–Crippen LogP) is -0.0965. The van der Waals surface area contributed by atoms with E-state index in [1.54, 1.807) is 24.3 Å². The van der Waals surface area contributed by atoms with Crippen LogP contribution in [0.25, 0.3) is 5.69 Å². The molecular formula is C16H21N5O4S. The van der Waals surface area contributed by atoms with Crippen LogP contribution >= 0.6 is 0 Å². The van der Waals surface area contributed by atoms with E-state index in [2.05, 4.69) is 15.4 Å². The second kappa shape index (κ2) is 7.52. The van der Waals surface area contributed by atoms with Gasteiger partial charge >= 0.3 is 0 Å². The molecule has 9 nitrogen and oxygen atoms in total. The first-order valence-electron chi connectivity index (χ1n) is 8.11. The lowest BCUT2D eigenvalue weighted by Gasteiger charge is -2.21.